The third-order valence-corrected chi connectivity index (χ3v) is 3.27. The van der Waals surface area contributed by atoms with E-state index in [0.717, 1.165) is 24.3 Å². The van der Waals surface area contributed by atoms with Gasteiger partial charge in [-0.25, -0.2) is 0 Å². The van der Waals surface area contributed by atoms with Gasteiger partial charge < -0.3 is 10.2 Å². The molecule has 4 nitrogen and oxygen atoms in total. The van der Waals surface area contributed by atoms with E-state index in [1.165, 1.54) is 4.90 Å². The van der Waals surface area contributed by atoms with Crippen molar-refractivity contribution in [2.75, 3.05) is 19.4 Å². The summed E-state index contributed by atoms with van der Waals surface area (Å²) in [6, 6.07) is 10.2. The monoisotopic (exact) mass is 336 g/mol. The summed E-state index contributed by atoms with van der Waals surface area (Å²) in [5.74, 6) is -0.703. The summed E-state index contributed by atoms with van der Waals surface area (Å²) in [7, 11) is 3.26. The van der Waals surface area contributed by atoms with E-state index in [1.54, 1.807) is 38.4 Å². The maximum absolute atomic E-state index is 12.5. The number of amides is 2. The molecule has 0 fully saturated rings. The average molecular weight is 336 g/mol. The van der Waals surface area contributed by atoms with Crippen LogP contribution in [0.1, 0.15) is 26.3 Å². The van der Waals surface area contributed by atoms with E-state index in [2.05, 4.69) is 5.32 Å². The first-order valence-electron chi connectivity index (χ1n) is 6.99. The van der Waals surface area contributed by atoms with Crippen molar-refractivity contribution in [3.8, 4) is 0 Å². The highest BCUT2D eigenvalue weighted by Crippen LogP contribution is 2.29. The number of rotatable bonds is 3. The topological polar surface area (TPSA) is 49.4 Å². The summed E-state index contributed by atoms with van der Waals surface area (Å²) < 4.78 is 37.5. The van der Waals surface area contributed by atoms with Crippen molar-refractivity contribution in [2.24, 2.45) is 0 Å². The van der Waals surface area contributed by atoms with Crippen LogP contribution in [-0.2, 0) is 6.18 Å². The Morgan fingerprint density at radius 1 is 0.875 bits per heavy atom. The van der Waals surface area contributed by atoms with Gasteiger partial charge in [-0.2, -0.15) is 13.2 Å². The van der Waals surface area contributed by atoms with Crippen LogP contribution in [-0.4, -0.2) is 30.8 Å². The Bertz CT molecular complexity index is 736. The molecule has 0 spiro atoms. The predicted molar refractivity (Wildman–Crippen MR) is 83.9 cm³/mol. The van der Waals surface area contributed by atoms with Gasteiger partial charge in [0.25, 0.3) is 11.8 Å². The van der Waals surface area contributed by atoms with Crippen LogP contribution >= 0.6 is 0 Å². The number of hydrogen-bond acceptors (Lipinski definition) is 2. The second-order valence-electron chi connectivity index (χ2n) is 5.31. The fourth-order valence-corrected chi connectivity index (χ4v) is 1.97. The lowest BCUT2D eigenvalue weighted by Crippen LogP contribution is -2.21. The zero-order valence-corrected chi connectivity index (χ0v) is 13.0. The minimum Gasteiger partial charge on any atom is -0.345 e. The average Bonchev–Trinajstić information content (AvgIpc) is 2.54. The number of anilines is 1. The van der Waals surface area contributed by atoms with Gasteiger partial charge in [-0.3, -0.25) is 9.59 Å². The van der Waals surface area contributed by atoms with Gasteiger partial charge in [-0.05, 0) is 48.5 Å². The molecule has 0 unspecified atom stereocenters. The van der Waals surface area contributed by atoms with E-state index < -0.39 is 17.6 Å². The summed E-state index contributed by atoms with van der Waals surface area (Å²) in [6.07, 6.45) is -4.44. The van der Waals surface area contributed by atoms with Crippen molar-refractivity contribution < 1.29 is 22.8 Å². The fourth-order valence-electron chi connectivity index (χ4n) is 1.97. The standard InChI is InChI=1S/C17H15F3N2O2/c1-22(2)16(24)12-5-9-14(10-6-12)21-15(23)11-3-7-13(8-4-11)17(18,19)20/h3-10H,1-2H3,(H,21,23). The Kier molecular flexibility index (Phi) is 4.92. The molecule has 24 heavy (non-hydrogen) atoms. The number of benzene rings is 2. The highest BCUT2D eigenvalue weighted by Gasteiger charge is 2.30. The van der Waals surface area contributed by atoms with Crippen LogP contribution in [0.3, 0.4) is 0 Å². The van der Waals surface area contributed by atoms with Crippen LogP contribution in [0.2, 0.25) is 0 Å². The van der Waals surface area contributed by atoms with Gasteiger partial charge in [0.15, 0.2) is 0 Å². The van der Waals surface area contributed by atoms with Crippen LogP contribution in [0.25, 0.3) is 0 Å². The maximum Gasteiger partial charge on any atom is 0.416 e. The minimum absolute atomic E-state index is 0.108. The Labute approximate surface area is 136 Å². The van der Waals surface area contributed by atoms with E-state index >= 15 is 0 Å². The molecule has 2 aromatic carbocycles. The molecule has 0 aliphatic heterocycles. The third kappa shape index (κ3) is 4.13. The molecule has 7 heteroatoms. The van der Waals surface area contributed by atoms with E-state index in [1.807, 2.05) is 0 Å². The number of hydrogen-bond donors (Lipinski definition) is 1. The van der Waals surface area contributed by atoms with Crippen molar-refractivity contribution in [1.29, 1.82) is 0 Å². The number of nitrogens with one attached hydrogen (secondary N) is 1. The molecule has 0 bridgehead atoms. The largest absolute Gasteiger partial charge is 0.416 e. The zero-order valence-electron chi connectivity index (χ0n) is 13.0. The van der Waals surface area contributed by atoms with Crippen molar-refractivity contribution in [1.82, 2.24) is 4.90 Å². The van der Waals surface area contributed by atoms with Crippen LogP contribution in [0.5, 0.6) is 0 Å². The Balaban J connectivity index is 2.08. The van der Waals surface area contributed by atoms with Gasteiger partial charge >= 0.3 is 6.18 Å². The molecule has 126 valence electrons. The van der Waals surface area contributed by atoms with E-state index in [9.17, 15) is 22.8 Å². The molecular weight excluding hydrogens is 321 g/mol. The quantitative estimate of drug-likeness (QED) is 0.930. The lowest BCUT2D eigenvalue weighted by Gasteiger charge is -2.11. The molecule has 0 saturated heterocycles. The third-order valence-electron chi connectivity index (χ3n) is 3.27. The molecule has 0 aliphatic rings. The summed E-state index contributed by atoms with van der Waals surface area (Å²) in [5.41, 5.74) is 0.199. The van der Waals surface area contributed by atoms with Crippen LogP contribution in [0.4, 0.5) is 18.9 Å². The van der Waals surface area contributed by atoms with Crippen LogP contribution < -0.4 is 5.32 Å². The van der Waals surface area contributed by atoms with Crippen LogP contribution in [0, 0.1) is 0 Å². The van der Waals surface area contributed by atoms with Gasteiger partial charge in [0.2, 0.25) is 0 Å². The summed E-state index contributed by atoms with van der Waals surface area (Å²) >= 11 is 0. The van der Waals surface area contributed by atoms with Gasteiger partial charge in [0.05, 0.1) is 5.56 Å². The first-order chi connectivity index (χ1) is 11.2. The van der Waals surface area contributed by atoms with Gasteiger partial charge in [-0.1, -0.05) is 0 Å². The fraction of sp³-hybridized carbons (Fsp3) is 0.176. The van der Waals surface area contributed by atoms with Crippen molar-refractivity contribution >= 4 is 17.5 Å². The van der Waals surface area contributed by atoms with Crippen molar-refractivity contribution in [3.05, 3.63) is 65.2 Å². The van der Waals surface area contributed by atoms with E-state index in [4.69, 9.17) is 0 Å². The normalized spacial score (nSPS) is 11.0. The minimum atomic E-state index is -4.44. The maximum atomic E-state index is 12.5. The number of halogens is 3. The molecule has 0 heterocycles. The molecule has 2 aromatic rings. The first kappa shape index (κ1) is 17.5. The molecule has 0 atom stereocenters. The van der Waals surface area contributed by atoms with Crippen molar-refractivity contribution in [2.45, 2.75) is 6.18 Å². The number of carbonyl (C=O) groups is 2. The number of nitrogens with zero attached hydrogens (tertiary/aromatic N) is 1. The Hall–Kier alpha value is -2.83. The molecule has 2 rings (SSSR count). The molecular formula is C17H15F3N2O2. The lowest BCUT2D eigenvalue weighted by atomic mass is 10.1. The highest BCUT2D eigenvalue weighted by atomic mass is 19.4. The molecule has 2 amide bonds. The first-order valence-corrected chi connectivity index (χ1v) is 6.99. The van der Waals surface area contributed by atoms with Gasteiger partial charge in [0.1, 0.15) is 0 Å². The number of carbonyl (C=O) groups excluding carboxylic acids is 2. The summed E-state index contributed by atoms with van der Waals surface area (Å²) in [4.78, 5) is 25.2. The second-order valence-corrected chi connectivity index (χ2v) is 5.31. The SMILES string of the molecule is CN(C)C(=O)c1ccc(NC(=O)c2ccc(C(F)(F)F)cc2)cc1. The smallest absolute Gasteiger partial charge is 0.345 e. The molecule has 0 radical (unpaired) electrons. The Morgan fingerprint density at radius 3 is 1.83 bits per heavy atom. The molecule has 0 aromatic heterocycles. The summed E-state index contributed by atoms with van der Waals surface area (Å²) in [5, 5.41) is 2.57. The Morgan fingerprint density at radius 2 is 1.38 bits per heavy atom. The van der Waals surface area contributed by atoms with Gasteiger partial charge in [-0.15, -0.1) is 0 Å². The lowest BCUT2D eigenvalue weighted by molar-refractivity contribution is -0.137. The van der Waals surface area contributed by atoms with Gasteiger partial charge in [0, 0.05) is 30.9 Å². The van der Waals surface area contributed by atoms with Crippen LogP contribution in [0.15, 0.2) is 48.5 Å². The predicted octanol–water partition coefficient (Wildman–Crippen LogP) is 3.66. The van der Waals surface area contributed by atoms with E-state index in [0.29, 0.717) is 11.3 Å². The highest BCUT2D eigenvalue weighted by molar-refractivity contribution is 6.04. The number of alkyl halides is 3. The zero-order chi connectivity index (χ0) is 17.9. The second kappa shape index (κ2) is 6.74. The molecule has 0 saturated carbocycles. The summed E-state index contributed by atoms with van der Waals surface area (Å²) in [6.45, 7) is 0. The van der Waals surface area contributed by atoms with Crippen molar-refractivity contribution in [3.63, 3.8) is 0 Å². The molecule has 0 aliphatic carbocycles. The molecule has 1 N–H and O–H groups in total. The van der Waals surface area contributed by atoms with E-state index in [-0.39, 0.29) is 11.5 Å².